The van der Waals surface area contributed by atoms with E-state index in [-0.39, 0.29) is 0 Å². The van der Waals surface area contributed by atoms with Gasteiger partial charge in [-0.05, 0) is 58.4 Å². The van der Waals surface area contributed by atoms with Gasteiger partial charge >= 0.3 is 0 Å². The molecule has 3 heterocycles. The van der Waals surface area contributed by atoms with E-state index in [0.717, 1.165) is 52.6 Å². The second-order valence-electron chi connectivity index (χ2n) is 6.94. The summed E-state index contributed by atoms with van der Waals surface area (Å²) < 4.78 is 2.01. The van der Waals surface area contributed by atoms with Crippen molar-refractivity contribution in [3.63, 3.8) is 0 Å². The standard InChI is InChI=1S/C21H27N5/c1-6-7-18-12-19(10-11-22-18)26-16(5)21(15(4)25-26)17-8-9-20(23-13-17)24-14(2)3/h8-14H,6-7H2,1-5H3,(H,23,24). The fourth-order valence-corrected chi connectivity index (χ4v) is 3.22. The van der Waals surface area contributed by atoms with Crippen LogP contribution in [0, 0.1) is 13.8 Å². The van der Waals surface area contributed by atoms with Gasteiger partial charge in [0.15, 0.2) is 0 Å². The normalized spacial score (nSPS) is 11.2. The highest BCUT2D eigenvalue weighted by molar-refractivity contribution is 5.69. The van der Waals surface area contributed by atoms with Crippen molar-refractivity contribution in [2.24, 2.45) is 0 Å². The van der Waals surface area contributed by atoms with Gasteiger partial charge in [-0.15, -0.1) is 0 Å². The van der Waals surface area contributed by atoms with Crippen molar-refractivity contribution in [1.82, 2.24) is 19.7 Å². The number of pyridine rings is 2. The Morgan fingerprint density at radius 2 is 1.92 bits per heavy atom. The number of hydrogen-bond donors (Lipinski definition) is 1. The molecule has 0 aliphatic carbocycles. The van der Waals surface area contributed by atoms with Crippen molar-refractivity contribution in [2.45, 2.75) is 53.5 Å². The molecular formula is C21H27N5. The molecule has 0 fully saturated rings. The Hall–Kier alpha value is -2.69. The maximum absolute atomic E-state index is 4.77. The van der Waals surface area contributed by atoms with Crippen molar-refractivity contribution in [3.05, 3.63) is 53.7 Å². The van der Waals surface area contributed by atoms with Crippen LogP contribution in [0.25, 0.3) is 16.8 Å². The number of nitrogens with one attached hydrogen (secondary N) is 1. The Kier molecular flexibility index (Phi) is 5.35. The molecule has 0 saturated heterocycles. The van der Waals surface area contributed by atoms with Gasteiger partial charge in [0, 0.05) is 41.0 Å². The molecule has 0 saturated carbocycles. The molecule has 0 aliphatic heterocycles. The lowest BCUT2D eigenvalue weighted by Gasteiger charge is -2.10. The molecule has 5 heteroatoms. The predicted molar refractivity (Wildman–Crippen MR) is 107 cm³/mol. The van der Waals surface area contributed by atoms with E-state index in [1.807, 2.05) is 36.1 Å². The quantitative estimate of drug-likeness (QED) is 0.699. The molecule has 0 unspecified atom stereocenters. The minimum Gasteiger partial charge on any atom is -0.368 e. The Bertz CT molecular complexity index is 878. The molecule has 3 aromatic rings. The summed E-state index contributed by atoms with van der Waals surface area (Å²) in [6.45, 7) is 10.5. The van der Waals surface area contributed by atoms with Crippen molar-refractivity contribution in [1.29, 1.82) is 0 Å². The van der Waals surface area contributed by atoms with Crippen molar-refractivity contribution in [2.75, 3.05) is 5.32 Å². The zero-order valence-electron chi connectivity index (χ0n) is 16.2. The molecule has 3 rings (SSSR count). The van der Waals surface area contributed by atoms with Crippen LogP contribution < -0.4 is 5.32 Å². The van der Waals surface area contributed by atoms with Crippen LogP contribution in [0.3, 0.4) is 0 Å². The first-order chi connectivity index (χ1) is 12.5. The van der Waals surface area contributed by atoms with Crippen LogP contribution in [0.15, 0.2) is 36.7 Å². The van der Waals surface area contributed by atoms with E-state index in [1.54, 1.807) is 0 Å². The van der Waals surface area contributed by atoms with E-state index < -0.39 is 0 Å². The van der Waals surface area contributed by atoms with Gasteiger partial charge in [0.1, 0.15) is 5.82 Å². The lowest BCUT2D eigenvalue weighted by atomic mass is 10.1. The Morgan fingerprint density at radius 3 is 2.58 bits per heavy atom. The molecule has 0 amide bonds. The van der Waals surface area contributed by atoms with Crippen molar-refractivity contribution in [3.8, 4) is 16.8 Å². The topological polar surface area (TPSA) is 55.6 Å². The lowest BCUT2D eigenvalue weighted by molar-refractivity contribution is 0.818. The van der Waals surface area contributed by atoms with Crippen LogP contribution in [0.2, 0.25) is 0 Å². The molecule has 3 aromatic heterocycles. The van der Waals surface area contributed by atoms with Crippen molar-refractivity contribution < 1.29 is 0 Å². The van der Waals surface area contributed by atoms with Gasteiger partial charge < -0.3 is 5.32 Å². The van der Waals surface area contributed by atoms with Gasteiger partial charge in [-0.2, -0.15) is 5.10 Å². The van der Waals surface area contributed by atoms with Crippen LogP contribution in [-0.2, 0) is 6.42 Å². The fourth-order valence-electron chi connectivity index (χ4n) is 3.22. The van der Waals surface area contributed by atoms with Crippen LogP contribution in [0.4, 0.5) is 5.82 Å². The number of hydrogen-bond acceptors (Lipinski definition) is 4. The molecule has 5 nitrogen and oxygen atoms in total. The summed E-state index contributed by atoms with van der Waals surface area (Å²) >= 11 is 0. The summed E-state index contributed by atoms with van der Waals surface area (Å²) in [5.74, 6) is 0.893. The van der Waals surface area contributed by atoms with Gasteiger partial charge in [-0.1, -0.05) is 13.3 Å². The first kappa shape index (κ1) is 18.1. The smallest absolute Gasteiger partial charge is 0.126 e. The van der Waals surface area contributed by atoms with Gasteiger partial charge in [0.2, 0.25) is 0 Å². The highest BCUT2D eigenvalue weighted by atomic mass is 15.3. The lowest BCUT2D eigenvalue weighted by Crippen LogP contribution is -2.10. The SMILES string of the molecule is CCCc1cc(-n2nc(C)c(-c3ccc(NC(C)C)nc3)c2C)ccn1. The van der Waals surface area contributed by atoms with Crippen LogP contribution in [0.1, 0.15) is 44.3 Å². The second-order valence-corrected chi connectivity index (χ2v) is 6.94. The number of anilines is 1. The van der Waals surface area contributed by atoms with Crippen LogP contribution >= 0.6 is 0 Å². The van der Waals surface area contributed by atoms with E-state index in [2.05, 4.69) is 55.1 Å². The number of rotatable bonds is 6. The number of nitrogens with zero attached hydrogens (tertiary/aromatic N) is 4. The summed E-state index contributed by atoms with van der Waals surface area (Å²) in [6.07, 6.45) is 5.85. The van der Waals surface area contributed by atoms with Gasteiger partial charge in [-0.25, -0.2) is 9.67 Å². The molecular weight excluding hydrogens is 322 g/mol. The third kappa shape index (κ3) is 3.77. The van der Waals surface area contributed by atoms with E-state index in [1.165, 1.54) is 0 Å². The molecule has 1 N–H and O–H groups in total. The molecule has 0 radical (unpaired) electrons. The largest absolute Gasteiger partial charge is 0.368 e. The van der Waals surface area contributed by atoms with Gasteiger partial charge in [-0.3, -0.25) is 4.98 Å². The predicted octanol–water partition coefficient (Wildman–Crippen LogP) is 4.72. The first-order valence-electron chi connectivity index (χ1n) is 9.24. The average Bonchev–Trinajstić information content (AvgIpc) is 2.90. The molecule has 0 aromatic carbocycles. The second kappa shape index (κ2) is 7.68. The van der Waals surface area contributed by atoms with Gasteiger partial charge in [0.05, 0.1) is 11.4 Å². The monoisotopic (exact) mass is 349 g/mol. The molecule has 0 bridgehead atoms. The summed E-state index contributed by atoms with van der Waals surface area (Å²) in [4.78, 5) is 8.99. The van der Waals surface area contributed by atoms with Gasteiger partial charge in [0.25, 0.3) is 0 Å². The molecule has 0 aliphatic rings. The first-order valence-corrected chi connectivity index (χ1v) is 9.24. The minimum absolute atomic E-state index is 0.364. The Balaban J connectivity index is 1.97. The molecule has 136 valence electrons. The van der Waals surface area contributed by atoms with E-state index in [4.69, 9.17) is 5.10 Å². The van der Waals surface area contributed by atoms with E-state index in [0.29, 0.717) is 6.04 Å². The van der Waals surface area contributed by atoms with E-state index >= 15 is 0 Å². The summed E-state index contributed by atoms with van der Waals surface area (Å²) in [7, 11) is 0. The Morgan fingerprint density at radius 1 is 1.12 bits per heavy atom. The van der Waals surface area contributed by atoms with Crippen LogP contribution in [-0.4, -0.2) is 25.8 Å². The Labute approximate surface area is 155 Å². The summed E-state index contributed by atoms with van der Waals surface area (Å²) in [5, 5.41) is 8.10. The van der Waals surface area contributed by atoms with Crippen molar-refractivity contribution >= 4 is 5.82 Å². The summed E-state index contributed by atoms with van der Waals surface area (Å²) in [6, 6.07) is 8.63. The zero-order chi connectivity index (χ0) is 18.7. The third-order valence-electron chi connectivity index (χ3n) is 4.33. The minimum atomic E-state index is 0.364. The van der Waals surface area contributed by atoms with E-state index in [9.17, 15) is 0 Å². The molecule has 0 spiro atoms. The summed E-state index contributed by atoms with van der Waals surface area (Å²) in [5.41, 5.74) is 6.50. The zero-order valence-corrected chi connectivity index (χ0v) is 16.2. The third-order valence-corrected chi connectivity index (χ3v) is 4.33. The number of aromatic nitrogens is 4. The van der Waals surface area contributed by atoms with Crippen LogP contribution in [0.5, 0.6) is 0 Å². The highest BCUT2D eigenvalue weighted by Gasteiger charge is 2.15. The number of aryl methyl sites for hydroxylation is 2. The maximum Gasteiger partial charge on any atom is 0.126 e. The molecule has 0 atom stereocenters. The fraction of sp³-hybridized carbons (Fsp3) is 0.381. The maximum atomic E-state index is 4.77. The highest BCUT2D eigenvalue weighted by Crippen LogP contribution is 2.29. The average molecular weight is 349 g/mol. The molecule has 26 heavy (non-hydrogen) atoms.